The normalized spacial score (nSPS) is 16.4. The highest BCUT2D eigenvalue weighted by atomic mass is 14.5. The third-order valence-corrected chi connectivity index (χ3v) is 16.4. The van der Waals surface area contributed by atoms with Crippen LogP contribution < -0.4 is 0 Å². The fourth-order valence-electron chi connectivity index (χ4n) is 12.4. The van der Waals surface area contributed by atoms with Crippen LogP contribution in [0.3, 0.4) is 0 Å². The molecule has 2 unspecified atom stereocenters. The minimum atomic E-state index is -0.555. The number of aryl methyl sites for hydroxylation is 3. The van der Waals surface area contributed by atoms with Crippen LogP contribution in [0.15, 0.2) is 236 Å². The van der Waals surface area contributed by atoms with Gasteiger partial charge >= 0.3 is 0 Å². The first-order chi connectivity index (χ1) is 38.5. The Morgan fingerprint density at radius 1 is 0.595 bits per heavy atom. The van der Waals surface area contributed by atoms with Crippen LogP contribution in [-0.4, -0.2) is 0 Å². The molecule has 3 aliphatic carbocycles. The second-order valence-electron chi connectivity index (χ2n) is 20.8. The van der Waals surface area contributed by atoms with Crippen molar-refractivity contribution in [3.05, 3.63) is 303 Å². The van der Waals surface area contributed by atoms with Gasteiger partial charge in [-0.15, -0.1) is 12.8 Å². The van der Waals surface area contributed by atoms with Crippen LogP contribution in [0, 0.1) is 52.4 Å². The van der Waals surface area contributed by atoms with E-state index in [9.17, 15) is 0 Å². The molecule has 0 bridgehead atoms. The number of benzene rings is 8. The van der Waals surface area contributed by atoms with Gasteiger partial charge < -0.3 is 0 Å². The van der Waals surface area contributed by atoms with E-state index in [4.69, 9.17) is 0 Å². The highest BCUT2D eigenvalue weighted by Gasteiger charge is 2.47. The van der Waals surface area contributed by atoms with E-state index in [0.29, 0.717) is 6.42 Å². The van der Waals surface area contributed by atoms with Gasteiger partial charge in [0.25, 0.3) is 0 Å². The molecule has 0 spiro atoms. The standard InChI is InChI=1S/C62H54.C15H16.C2H2/c1-8-19-46(9-2)47-28-33-52(34-29-47)62(51-22-12-10-11-13-23-51)60-37-32-50(56-26-18-27-57(45(56)7)54-25-17-15-21-42(54)4)39-59(60)58-36-31-49(40-61(58)62)44(6)48-30-35-55(43(5)38-48)53-24-16-14-20-41(53)3;1-4-8-13-11(3)14-9-6-7-10-15(14)12(13)5-2;1-2/h8-10,12,14-22,24-40,44H,23H2,1-7H3;5-10H,3-4H2,1-2H3;1-2H/b19-8-,46-9+;12-5+,13-8-;. The van der Waals surface area contributed by atoms with Gasteiger partial charge in [-0.2, -0.15) is 0 Å². The summed E-state index contributed by atoms with van der Waals surface area (Å²) >= 11 is 0. The van der Waals surface area contributed by atoms with Crippen molar-refractivity contribution in [1.29, 1.82) is 0 Å². The van der Waals surface area contributed by atoms with E-state index in [1.54, 1.807) is 0 Å². The maximum absolute atomic E-state index is 4.18. The number of allylic oxidation sites excluding steroid dienone is 13. The molecule has 0 fully saturated rings. The zero-order valence-corrected chi connectivity index (χ0v) is 47.6. The molecule has 0 saturated carbocycles. The van der Waals surface area contributed by atoms with Crippen LogP contribution in [0.1, 0.15) is 120 Å². The van der Waals surface area contributed by atoms with Gasteiger partial charge in [0, 0.05) is 12.3 Å². The van der Waals surface area contributed by atoms with Gasteiger partial charge in [-0.05, 0) is 206 Å². The van der Waals surface area contributed by atoms with Crippen molar-refractivity contribution in [1.82, 2.24) is 0 Å². The highest BCUT2D eigenvalue weighted by molar-refractivity contribution is 6.07. The Morgan fingerprint density at radius 3 is 1.85 bits per heavy atom. The zero-order chi connectivity index (χ0) is 55.8. The summed E-state index contributed by atoms with van der Waals surface area (Å²) in [5.41, 5.74) is 31.5. The van der Waals surface area contributed by atoms with Crippen LogP contribution in [-0.2, 0) is 5.41 Å². The molecule has 11 rings (SSSR count). The number of rotatable bonds is 10. The molecule has 0 saturated heterocycles. The maximum atomic E-state index is 4.18. The first-order valence-electron chi connectivity index (χ1n) is 27.9. The van der Waals surface area contributed by atoms with Crippen molar-refractivity contribution in [3.8, 4) is 69.2 Å². The first-order valence-corrected chi connectivity index (χ1v) is 27.9. The summed E-state index contributed by atoms with van der Waals surface area (Å²) in [6.07, 6.45) is 27.1. The molecule has 388 valence electrons. The number of terminal acetylenes is 1. The molecule has 0 N–H and O–H groups in total. The summed E-state index contributed by atoms with van der Waals surface area (Å²) in [5, 5.41) is 0. The Labute approximate surface area is 472 Å². The maximum Gasteiger partial charge on any atom is 0.0685 e. The minimum absolute atomic E-state index is 0.178. The minimum Gasteiger partial charge on any atom is -0.124 e. The number of hydrogen-bond donors (Lipinski definition) is 0. The van der Waals surface area contributed by atoms with E-state index in [1.807, 2.05) is 6.08 Å². The molecule has 8 aromatic rings. The lowest BCUT2D eigenvalue weighted by Gasteiger charge is -2.36. The molecular formula is C79H72. The van der Waals surface area contributed by atoms with Crippen molar-refractivity contribution in [2.24, 2.45) is 0 Å². The lowest BCUT2D eigenvalue weighted by Crippen LogP contribution is -2.30. The van der Waals surface area contributed by atoms with Crippen LogP contribution in [0.5, 0.6) is 0 Å². The Balaban J connectivity index is 0.000000381. The summed E-state index contributed by atoms with van der Waals surface area (Å²) in [6, 6.07) is 63.7. The first kappa shape index (κ1) is 54.8. The quantitative estimate of drug-likeness (QED) is 0.0946. The van der Waals surface area contributed by atoms with Gasteiger partial charge in [0.15, 0.2) is 0 Å². The summed E-state index contributed by atoms with van der Waals surface area (Å²) < 4.78 is 0. The van der Waals surface area contributed by atoms with E-state index in [2.05, 4.69) is 306 Å². The number of fused-ring (bicyclic) bond motifs is 4. The Kier molecular flexibility index (Phi) is 16.8. The van der Waals surface area contributed by atoms with Gasteiger partial charge in [-0.25, -0.2) is 0 Å². The Morgan fingerprint density at radius 2 is 1.20 bits per heavy atom. The third-order valence-electron chi connectivity index (χ3n) is 16.4. The summed E-state index contributed by atoms with van der Waals surface area (Å²) in [6.45, 7) is 23.9. The fourth-order valence-corrected chi connectivity index (χ4v) is 12.4. The van der Waals surface area contributed by atoms with Crippen molar-refractivity contribution in [3.63, 3.8) is 0 Å². The van der Waals surface area contributed by atoms with E-state index in [-0.39, 0.29) is 5.92 Å². The van der Waals surface area contributed by atoms with Gasteiger partial charge in [-0.3, -0.25) is 0 Å². The van der Waals surface area contributed by atoms with Gasteiger partial charge in [-0.1, -0.05) is 239 Å². The second-order valence-corrected chi connectivity index (χ2v) is 20.8. The van der Waals surface area contributed by atoms with Crippen molar-refractivity contribution >= 4 is 16.7 Å². The molecular weight excluding hydrogens is 949 g/mol. The molecule has 0 amide bonds. The molecule has 2 atom stereocenters. The van der Waals surface area contributed by atoms with E-state index < -0.39 is 5.41 Å². The average molecular weight is 1020 g/mol. The molecule has 0 nitrogen and oxygen atoms in total. The molecule has 0 heteroatoms. The Hall–Kier alpha value is -8.94. The second kappa shape index (κ2) is 24.2. The lowest BCUT2D eigenvalue weighted by atomic mass is 9.65. The van der Waals surface area contributed by atoms with Crippen molar-refractivity contribution in [2.45, 2.75) is 86.5 Å². The molecule has 8 aromatic carbocycles. The highest BCUT2D eigenvalue weighted by Crippen LogP contribution is 2.59. The van der Waals surface area contributed by atoms with Crippen LogP contribution in [0.4, 0.5) is 0 Å². The lowest BCUT2D eigenvalue weighted by molar-refractivity contribution is 0.727. The topological polar surface area (TPSA) is 0 Å². The SMILES string of the molecule is C#C.C/C=C\C(=C/C)c1ccc(C2(C3=CC=CC#CC3)c3ccc(-c4cccc(-c5ccccc5C)c4C)cc3-c3ccc(C(C)c4ccc(-c5ccccc5C)c(C)c4)cc32)cc1.C=C1C(=C/CC)/C(=C\C)c2ccccc21. The van der Waals surface area contributed by atoms with Crippen LogP contribution >= 0.6 is 0 Å². The average Bonchev–Trinajstić information content (AvgIpc) is 3.85. The zero-order valence-electron chi connectivity index (χ0n) is 47.6. The van der Waals surface area contributed by atoms with Gasteiger partial charge in [0.1, 0.15) is 0 Å². The molecule has 0 aromatic heterocycles. The Bertz CT molecular complexity index is 3910. The molecule has 0 aliphatic heterocycles. The third kappa shape index (κ3) is 10.3. The predicted octanol–water partition coefficient (Wildman–Crippen LogP) is 21.0. The predicted molar refractivity (Wildman–Crippen MR) is 343 cm³/mol. The van der Waals surface area contributed by atoms with E-state index in [0.717, 1.165) is 6.42 Å². The molecule has 3 aliphatic rings. The van der Waals surface area contributed by atoms with E-state index >= 15 is 0 Å². The summed E-state index contributed by atoms with van der Waals surface area (Å²) in [5.74, 6) is 7.00. The van der Waals surface area contributed by atoms with Gasteiger partial charge in [0.2, 0.25) is 0 Å². The molecule has 79 heavy (non-hydrogen) atoms. The molecule has 0 heterocycles. The van der Waals surface area contributed by atoms with Gasteiger partial charge in [0.05, 0.1) is 5.41 Å². The fraction of sp³-hybridized carbons (Fsp3) is 0.165. The largest absolute Gasteiger partial charge is 0.124 e. The smallest absolute Gasteiger partial charge is 0.0685 e. The van der Waals surface area contributed by atoms with E-state index in [1.165, 1.54) is 139 Å². The van der Waals surface area contributed by atoms with Crippen molar-refractivity contribution in [2.75, 3.05) is 0 Å². The number of hydrogen-bond acceptors (Lipinski definition) is 0. The van der Waals surface area contributed by atoms with Crippen LogP contribution in [0.2, 0.25) is 0 Å². The summed E-state index contributed by atoms with van der Waals surface area (Å²) in [7, 11) is 0. The monoisotopic (exact) mass is 1020 g/mol. The molecule has 0 radical (unpaired) electrons. The van der Waals surface area contributed by atoms with Crippen molar-refractivity contribution < 1.29 is 0 Å². The summed E-state index contributed by atoms with van der Waals surface area (Å²) in [4.78, 5) is 0. The van der Waals surface area contributed by atoms with Crippen LogP contribution in [0.25, 0.3) is 61.2 Å².